The second-order valence-corrected chi connectivity index (χ2v) is 6.53. The summed E-state index contributed by atoms with van der Waals surface area (Å²) in [5.74, 6) is 1.88. The summed E-state index contributed by atoms with van der Waals surface area (Å²) < 4.78 is 5.31. The van der Waals surface area contributed by atoms with E-state index in [9.17, 15) is 5.11 Å². The average Bonchev–Trinajstić information content (AvgIpc) is 2.65. The number of hydrogen-bond donors (Lipinski definition) is 2. The van der Waals surface area contributed by atoms with Crippen LogP contribution in [0.3, 0.4) is 0 Å². The van der Waals surface area contributed by atoms with Gasteiger partial charge in [0.25, 0.3) is 0 Å². The van der Waals surface area contributed by atoms with E-state index in [4.69, 9.17) is 4.74 Å². The number of rotatable bonds is 6. The fourth-order valence-electron chi connectivity index (χ4n) is 3.66. The van der Waals surface area contributed by atoms with Crippen LogP contribution in [0.4, 0.5) is 0 Å². The Kier molecular flexibility index (Phi) is 5.48. The molecule has 1 fully saturated rings. The molecule has 1 aliphatic heterocycles. The summed E-state index contributed by atoms with van der Waals surface area (Å²) in [7, 11) is 1.65. The van der Waals surface area contributed by atoms with Crippen molar-refractivity contribution in [1.29, 1.82) is 0 Å². The number of fused-ring (bicyclic) bond motifs is 1. The van der Waals surface area contributed by atoms with Crippen molar-refractivity contribution >= 4 is 10.9 Å². The summed E-state index contributed by atoms with van der Waals surface area (Å²) in [6.07, 6.45) is 6.25. The highest BCUT2D eigenvalue weighted by Gasteiger charge is 2.23. The van der Waals surface area contributed by atoms with Gasteiger partial charge in [0.05, 0.1) is 18.7 Å². The van der Waals surface area contributed by atoms with Gasteiger partial charge in [-0.3, -0.25) is 4.98 Å². The van der Waals surface area contributed by atoms with Crippen LogP contribution in [-0.4, -0.2) is 30.3 Å². The van der Waals surface area contributed by atoms with Crippen molar-refractivity contribution in [1.82, 2.24) is 10.3 Å². The maximum Gasteiger partial charge on any atom is 0.119 e. The van der Waals surface area contributed by atoms with E-state index in [1.807, 2.05) is 24.3 Å². The molecule has 0 radical (unpaired) electrons. The number of aromatic nitrogens is 1. The van der Waals surface area contributed by atoms with Gasteiger partial charge in [-0.1, -0.05) is 6.08 Å². The quantitative estimate of drug-likeness (QED) is 0.798. The molecule has 24 heavy (non-hydrogen) atoms. The SMILES string of the molecule is C=C[C@H]1CNCC[C@H]1CCC(O)c1ccnc2ccc(OC)cc12. The maximum absolute atomic E-state index is 10.8. The molecule has 1 aromatic carbocycles. The lowest BCUT2D eigenvalue weighted by molar-refractivity contribution is 0.147. The number of piperidine rings is 1. The van der Waals surface area contributed by atoms with Crippen molar-refractivity contribution in [2.24, 2.45) is 11.8 Å². The molecule has 0 bridgehead atoms. The topological polar surface area (TPSA) is 54.4 Å². The molecule has 2 N–H and O–H groups in total. The molecule has 2 aromatic rings. The molecule has 1 aliphatic rings. The Hall–Kier alpha value is -1.91. The van der Waals surface area contributed by atoms with E-state index in [0.29, 0.717) is 11.8 Å². The number of ether oxygens (including phenoxy) is 1. The first kappa shape index (κ1) is 16.9. The molecular weight excluding hydrogens is 300 g/mol. The minimum Gasteiger partial charge on any atom is -0.497 e. The van der Waals surface area contributed by atoms with Gasteiger partial charge in [-0.2, -0.15) is 0 Å². The van der Waals surface area contributed by atoms with Gasteiger partial charge in [0.2, 0.25) is 0 Å². The van der Waals surface area contributed by atoms with Crippen molar-refractivity contribution in [3.05, 3.63) is 48.7 Å². The highest BCUT2D eigenvalue weighted by molar-refractivity contribution is 5.83. The second-order valence-electron chi connectivity index (χ2n) is 6.53. The van der Waals surface area contributed by atoms with E-state index in [1.165, 1.54) is 0 Å². The minimum atomic E-state index is -0.483. The molecule has 0 spiro atoms. The third-order valence-corrected chi connectivity index (χ3v) is 5.13. The summed E-state index contributed by atoms with van der Waals surface area (Å²) in [4.78, 5) is 4.39. The van der Waals surface area contributed by atoms with Gasteiger partial charge >= 0.3 is 0 Å². The van der Waals surface area contributed by atoms with Gasteiger partial charge in [-0.15, -0.1) is 6.58 Å². The molecular formula is C20H26N2O2. The number of nitrogens with zero attached hydrogens (tertiary/aromatic N) is 1. The molecule has 128 valence electrons. The first-order chi connectivity index (χ1) is 11.7. The lowest BCUT2D eigenvalue weighted by Crippen LogP contribution is -2.35. The molecule has 1 saturated heterocycles. The summed E-state index contributed by atoms with van der Waals surface area (Å²) in [6, 6.07) is 7.71. The Labute approximate surface area is 143 Å². The van der Waals surface area contributed by atoms with E-state index in [2.05, 4.69) is 23.0 Å². The predicted molar refractivity (Wildman–Crippen MR) is 97.2 cm³/mol. The van der Waals surface area contributed by atoms with Crippen molar-refractivity contribution in [3.63, 3.8) is 0 Å². The Bertz CT molecular complexity index is 701. The van der Waals surface area contributed by atoms with Crippen molar-refractivity contribution in [3.8, 4) is 5.75 Å². The zero-order valence-corrected chi connectivity index (χ0v) is 14.2. The number of hydrogen-bond acceptors (Lipinski definition) is 4. The average molecular weight is 326 g/mol. The van der Waals surface area contributed by atoms with E-state index in [1.54, 1.807) is 13.3 Å². The van der Waals surface area contributed by atoms with Crippen LogP contribution in [0.15, 0.2) is 43.1 Å². The third kappa shape index (κ3) is 3.60. The number of nitrogens with one attached hydrogen (secondary N) is 1. The van der Waals surface area contributed by atoms with Crippen molar-refractivity contribution in [2.45, 2.75) is 25.4 Å². The maximum atomic E-state index is 10.8. The third-order valence-electron chi connectivity index (χ3n) is 5.13. The summed E-state index contributed by atoms with van der Waals surface area (Å²) in [5.41, 5.74) is 1.82. The van der Waals surface area contributed by atoms with E-state index in [-0.39, 0.29) is 0 Å². The Morgan fingerprint density at radius 1 is 1.46 bits per heavy atom. The standard InChI is InChI=1S/C20H26N2O2/c1-3-14-13-21-10-8-15(14)4-7-20(23)17-9-11-22-19-6-5-16(24-2)12-18(17)19/h3,5-6,9,11-12,14-15,20-21,23H,1,4,7-8,10,13H2,2H3/t14-,15+,20?/m0/s1. The van der Waals surface area contributed by atoms with Gasteiger partial charge in [0.15, 0.2) is 0 Å². The van der Waals surface area contributed by atoms with Crippen LogP contribution in [0.2, 0.25) is 0 Å². The first-order valence-corrected chi connectivity index (χ1v) is 8.67. The summed E-state index contributed by atoms with van der Waals surface area (Å²) in [5, 5.41) is 15.1. The molecule has 2 heterocycles. The monoisotopic (exact) mass is 326 g/mol. The van der Waals surface area contributed by atoms with Crippen molar-refractivity contribution in [2.75, 3.05) is 20.2 Å². The van der Waals surface area contributed by atoms with Crippen LogP contribution in [0.25, 0.3) is 10.9 Å². The smallest absolute Gasteiger partial charge is 0.119 e. The lowest BCUT2D eigenvalue weighted by Gasteiger charge is -2.30. The number of benzene rings is 1. The zero-order chi connectivity index (χ0) is 16.9. The van der Waals surface area contributed by atoms with Crippen LogP contribution in [0.1, 0.15) is 30.9 Å². The van der Waals surface area contributed by atoms with Crippen LogP contribution in [0, 0.1) is 11.8 Å². The molecule has 3 atom stereocenters. The molecule has 0 aliphatic carbocycles. The molecule has 0 saturated carbocycles. The second kappa shape index (κ2) is 7.77. The van der Waals surface area contributed by atoms with Gasteiger partial charge in [0.1, 0.15) is 5.75 Å². The predicted octanol–water partition coefficient (Wildman–Crippen LogP) is 3.47. The van der Waals surface area contributed by atoms with Gasteiger partial charge in [-0.05, 0) is 67.5 Å². The Morgan fingerprint density at radius 2 is 2.33 bits per heavy atom. The number of aliphatic hydroxyl groups excluding tert-OH is 1. The van der Waals surface area contributed by atoms with Crippen molar-refractivity contribution < 1.29 is 9.84 Å². The van der Waals surface area contributed by atoms with Crippen LogP contribution in [0.5, 0.6) is 5.75 Å². The fourth-order valence-corrected chi connectivity index (χ4v) is 3.66. The zero-order valence-electron chi connectivity index (χ0n) is 14.2. The highest BCUT2D eigenvalue weighted by Crippen LogP contribution is 2.32. The molecule has 1 aromatic heterocycles. The van der Waals surface area contributed by atoms with Gasteiger partial charge in [0, 0.05) is 18.1 Å². The normalized spacial score (nSPS) is 22.2. The van der Waals surface area contributed by atoms with Gasteiger partial charge in [-0.25, -0.2) is 0 Å². The van der Waals surface area contributed by atoms with E-state index in [0.717, 1.165) is 54.6 Å². The highest BCUT2D eigenvalue weighted by atomic mass is 16.5. The molecule has 4 heteroatoms. The number of pyridine rings is 1. The van der Waals surface area contributed by atoms with Crippen LogP contribution in [-0.2, 0) is 0 Å². The fraction of sp³-hybridized carbons (Fsp3) is 0.450. The van der Waals surface area contributed by atoms with E-state index < -0.39 is 6.10 Å². The molecule has 0 amide bonds. The molecule has 3 rings (SSSR count). The Balaban J connectivity index is 1.76. The van der Waals surface area contributed by atoms with Gasteiger partial charge < -0.3 is 15.2 Å². The lowest BCUT2D eigenvalue weighted by atomic mass is 9.82. The molecule has 1 unspecified atom stereocenters. The number of methoxy groups -OCH3 is 1. The number of aliphatic hydroxyl groups is 1. The minimum absolute atomic E-state index is 0.483. The Morgan fingerprint density at radius 3 is 3.12 bits per heavy atom. The summed E-state index contributed by atoms with van der Waals surface area (Å²) in [6.45, 7) is 6.01. The summed E-state index contributed by atoms with van der Waals surface area (Å²) >= 11 is 0. The van der Waals surface area contributed by atoms with Crippen LogP contribution >= 0.6 is 0 Å². The molecule has 4 nitrogen and oxygen atoms in total. The first-order valence-electron chi connectivity index (χ1n) is 8.67. The van der Waals surface area contributed by atoms with Crippen LogP contribution < -0.4 is 10.1 Å². The van der Waals surface area contributed by atoms with E-state index >= 15 is 0 Å². The largest absolute Gasteiger partial charge is 0.497 e.